The average Bonchev–Trinajstić information content (AvgIpc) is 2.81. The molecule has 1 fully saturated rings. The van der Waals surface area contributed by atoms with E-state index in [1.807, 2.05) is 0 Å². The zero-order valence-electron chi connectivity index (χ0n) is 14.8. The molecule has 28 heavy (non-hydrogen) atoms. The molecule has 1 aliphatic rings. The van der Waals surface area contributed by atoms with Crippen LogP contribution in [0.2, 0.25) is 5.02 Å². The Balaban J connectivity index is 1.77. The molecule has 0 aliphatic carbocycles. The van der Waals surface area contributed by atoms with E-state index in [9.17, 15) is 22.8 Å². The molecule has 2 aromatic rings. The molecular formula is C18H15ClF3N3O3. The van der Waals surface area contributed by atoms with Crippen molar-refractivity contribution in [3.05, 3.63) is 52.7 Å². The Bertz CT molecular complexity index is 930. The number of amides is 3. The second-order valence-electron chi connectivity index (χ2n) is 6.60. The number of carbonyl (C=O) groups excluding carboxylic acids is 2. The number of nitrogens with one attached hydrogen (secondary N) is 1. The summed E-state index contributed by atoms with van der Waals surface area (Å²) in [5.41, 5.74) is -2.13. The maximum atomic E-state index is 13.1. The molecule has 1 saturated heterocycles. The van der Waals surface area contributed by atoms with Gasteiger partial charge in [0.2, 0.25) is 0 Å². The largest absolute Gasteiger partial charge is 0.487 e. The van der Waals surface area contributed by atoms with Gasteiger partial charge in [0.25, 0.3) is 5.91 Å². The number of rotatable bonds is 4. The Morgan fingerprint density at radius 3 is 2.46 bits per heavy atom. The lowest BCUT2D eigenvalue weighted by molar-refractivity contribution is -0.138. The third kappa shape index (κ3) is 3.75. The fourth-order valence-electron chi connectivity index (χ4n) is 2.67. The van der Waals surface area contributed by atoms with Crippen molar-refractivity contribution in [2.45, 2.75) is 32.2 Å². The van der Waals surface area contributed by atoms with Crippen molar-refractivity contribution >= 4 is 29.4 Å². The summed E-state index contributed by atoms with van der Waals surface area (Å²) in [6, 6.07) is 5.64. The van der Waals surface area contributed by atoms with E-state index in [0.717, 1.165) is 11.0 Å². The van der Waals surface area contributed by atoms with Gasteiger partial charge < -0.3 is 10.1 Å². The molecule has 2 heterocycles. The lowest BCUT2D eigenvalue weighted by atomic mass is 10.1. The summed E-state index contributed by atoms with van der Waals surface area (Å²) in [5.74, 6) is -0.234. The molecule has 0 saturated carbocycles. The fraction of sp³-hybridized carbons (Fsp3) is 0.278. The monoisotopic (exact) mass is 413 g/mol. The highest BCUT2D eigenvalue weighted by Gasteiger charge is 2.45. The standard InChI is InChI=1S/C18H15ClF3N3O3/c1-17(2)15(26)25(16(27)24-17)14-7-6-10(8-23-14)28-9-11-12(18(20,21)22)4-3-5-13(11)19/h3-8H,9H2,1-2H3,(H,24,27). The summed E-state index contributed by atoms with van der Waals surface area (Å²) < 4.78 is 44.7. The van der Waals surface area contributed by atoms with Gasteiger partial charge in [-0.25, -0.2) is 14.7 Å². The molecule has 148 valence electrons. The highest BCUT2D eigenvalue weighted by molar-refractivity contribution is 6.31. The molecule has 3 rings (SSSR count). The van der Waals surface area contributed by atoms with E-state index in [4.69, 9.17) is 16.3 Å². The molecule has 0 bridgehead atoms. The number of ether oxygens (including phenoxy) is 1. The SMILES string of the molecule is CC1(C)NC(=O)N(c2ccc(OCc3c(Cl)cccc3C(F)(F)F)cn2)C1=O. The van der Waals surface area contributed by atoms with Crippen molar-refractivity contribution in [1.82, 2.24) is 10.3 Å². The quantitative estimate of drug-likeness (QED) is 0.764. The van der Waals surface area contributed by atoms with Crippen LogP contribution in [0, 0.1) is 0 Å². The minimum absolute atomic E-state index is 0.0685. The Morgan fingerprint density at radius 2 is 1.93 bits per heavy atom. The number of aromatic nitrogens is 1. The van der Waals surface area contributed by atoms with Gasteiger partial charge in [0.15, 0.2) is 0 Å². The van der Waals surface area contributed by atoms with Gasteiger partial charge in [-0.2, -0.15) is 13.2 Å². The van der Waals surface area contributed by atoms with Crippen molar-refractivity contribution < 1.29 is 27.5 Å². The Labute approximate surface area is 163 Å². The van der Waals surface area contributed by atoms with Crippen LogP contribution in [0.1, 0.15) is 25.0 Å². The van der Waals surface area contributed by atoms with Crippen molar-refractivity contribution in [3.63, 3.8) is 0 Å². The maximum absolute atomic E-state index is 13.1. The van der Waals surface area contributed by atoms with Crippen LogP contribution >= 0.6 is 11.6 Å². The smallest absolute Gasteiger partial charge is 0.416 e. The summed E-state index contributed by atoms with van der Waals surface area (Å²) in [6.45, 7) is 2.70. The first-order valence-electron chi connectivity index (χ1n) is 8.11. The van der Waals surface area contributed by atoms with Crippen LogP contribution in [-0.2, 0) is 17.6 Å². The van der Waals surface area contributed by atoms with Crippen LogP contribution in [-0.4, -0.2) is 22.5 Å². The van der Waals surface area contributed by atoms with Gasteiger partial charge in [-0.15, -0.1) is 0 Å². The van der Waals surface area contributed by atoms with Crippen molar-refractivity contribution in [2.24, 2.45) is 0 Å². The van der Waals surface area contributed by atoms with E-state index in [0.29, 0.717) is 0 Å². The van der Waals surface area contributed by atoms with Crippen molar-refractivity contribution in [2.75, 3.05) is 4.90 Å². The van der Waals surface area contributed by atoms with Gasteiger partial charge in [0, 0.05) is 10.6 Å². The zero-order chi connectivity index (χ0) is 20.7. The molecule has 6 nitrogen and oxygen atoms in total. The van der Waals surface area contributed by atoms with Crippen molar-refractivity contribution in [3.8, 4) is 5.75 Å². The number of pyridine rings is 1. The van der Waals surface area contributed by atoms with Crippen LogP contribution in [0.3, 0.4) is 0 Å². The fourth-order valence-corrected chi connectivity index (χ4v) is 2.90. The number of carbonyl (C=O) groups is 2. The predicted octanol–water partition coefficient (Wildman–Crippen LogP) is 4.17. The van der Waals surface area contributed by atoms with Crippen molar-refractivity contribution in [1.29, 1.82) is 0 Å². The van der Waals surface area contributed by atoms with Crippen LogP contribution < -0.4 is 15.0 Å². The Hall–Kier alpha value is -2.81. The second-order valence-corrected chi connectivity index (χ2v) is 7.01. The van der Waals surface area contributed by atoms with Crippen LogP contribution in [0.4, 0.5) is 23.8 Å². The van der Waals surface area contributed by atoms with E-state index >= 15 is 0 Å². The molecule has 3 amide bonds. The summed E-state index contributed by atoms with van der Waals surface area (Å²) in [4.78, 5) is 29.1. The first kappa shape index (κ1) is 19.9. The molecular weight excluding hydrogens is 399 g/mol. The van der Waals surface area contributed by atoms with Gasteiger partial charge in [0.1, 0.15) is 23.7 Å². The number of imide groups is 1. The van der Waals surface area contributed by atoms with Gasteiger partial charge >= 0.3 is 12.2 Å². The second kappa shape index (κ2) is 6.97. The summed E-state index contributed by atoms with van der Waals surface area (Å²) in [5, 5.41) is 2.46. The molecule has 0 radical (unpaired) electrons. The number of urea groups is 1. The number of anilines is 1. The van der Waals surface area contributed by atoms with Crippen LogP contribution in [0.15, 0.2) is 36.5 Å². The van der Waals surface area contributed by atoms with Crippen LogP contribution in [0.5, 0.6) is 5.75 Å². The number of benzene rings is 1. The average molecular weight is 414 g/mol. The van der Waals surface area contributed by atoms with E-state index in [1.165, 1.54) is 30.5 Å². The summed E-state index contributed by atoms with van der Waals surface area (Å²) in [7, 11) is 0. The molecule has 1 aromatic carbocycles. The third-order valence-corrected chi connectivity index (χ3v) is 4.47. The number of nitrogens with zero attached hydrogens (tertiary/aromatic N) is 2. The van der Waals surface area contributed by atoms with Gasteiger partial charge in [0.05, 0.1) is 11.8 Å². The minimum Gasteiger partial charge on any atom is -0.487 e. The van der Waals surface area contributed by atoms with Gasteiger partial charge in [-0.1, -0.05) is 17.7 Å². The topological polar surface area (TPSA) is 71.5 Å². The first-order valence-corrected chi connectivity index (χ1v) is 8.48. The number of hydrogen-bond acceptors (Lipinski definition) is 4. The highest BCUT2D eigenvalue weighted by Crippen LogP contribution is 2.35. The lowest BCUT2D eigenvalue weighted by Gasteiger charge is -2.16. The highest BCUT2D eigenvalue weighted by atomic mass is 35.5. The lowest BCUT2D eigenvalue weighted by Crippen LogP contribution is -2.40. The maximum Gasteiger partial charge on any atom is 0.416 e. The molecule has 0 unspecified atom stereocenters. The van der Waals surface area contributed by atoms with Gasteiger partial charge in [-0.3, -0.25) is 4.79 Å². The summed E-state index contributed by atoms with van der Waals surface area (Å²) in [6.07, 6.45) is -3.35. The molecule has 1 aliphatic heterocycles. The van der Waals surface area contributed by atoms with Gasteiger partial charge in [-0.05, 0) is 38.1 Å². The molecule has 0 spiro atoms. The Kier molecular flexibility index (Phi) is 4.97. The first-order chi connectivity index (χ1) is 13.0. The zero-order valence-corrected chi connectivity index (χ0v) is 15.6. The predicted molar refractivity (Wildman–Crippen MR) is 95.1 cm³/mol. The number of halogens is 4. The van der Waals surface area contributed by atoms with E-state index in [1.54, 1.807) is 13.8 Å². The molecule has 1 N–H and O–H groups in total. The molecule has 10 heteroatoms. The van der Waals surface area contributed by atoms with E-state index in [2.05, 4.69) is 10.3 Å². The van der Waals surface area contributed by atoms with E-state index in [-0.39, 0.29) is 22.2 Å². The molecule has 0 atom stereocenters. The minimum atomic E-state index is -4.57. The third-order valence-electron chi connectivity index (χ3n) is 4.12. The summed E-state index contributed by atoms with van der Waals surface area (Å²) >= 11 is 5.89. The number of alkyl halides is 3. The normalized spacial score (nSPS) is 16.3. The van der Waals surface area contributed by atoms with Crippen LogP contribution in [0.25, 0.3) is 0 Å². The van der Waals surface area contributed by atoms with E-state index < -0.39 is 35.8 Å². The number of hydrogen-bond donors (Lipinski definition) is 1. The molecule has 1 aromatic heterocycles. The Morgan fingerprint density at radius 1 is 1.21 bits per heavy atom.